The van der Waals surface area contributed by atoms with Crippen LogP contribution < -0.4 is 5.32 Å². The molecular formula is C10H15NO6. The highest BCUT2D eigenvalue weighted by Gasteiger charge is 2.54. The Morgan fingerprint density at radius 2 is 2.24 bits per heavy atom. The number of ether oxygens (including phenoxy) is 2. The quantitative estimate of drug-likeness (QED) is 0.437. The first-order chi connectivity index (χ1) is 8.04. The number of hydrogen-bond acceptors (Lipinski definition) is 6. The van der Waals surface area contributed by atoms with Crippen molar-refractivity contribution >= 4 is 5.91 Å². The zero-order chi connectivity index (χ0) is 12.6. The van der Waals surface area contributed by atoms with Gasteiger partial charge in [-0.1, -0.05) is 0 Å². The molecule has 0 bridgehead atoms. The van der Waals surface area contributed by atoms with E-state index in [-0.39, 0.29) is 5.91 Å². The minimum absolute atomic E-state index is 0.371. The van der Waals surface area contributed by atoms with Gasteiger partial charge in [-0.15, -0.1) is 0 Å². The third-order valence-corrected chi connectivity index (χ3v) is 3.10. The minimum atomic E-state index is -1.30. The highest BCUT2D eigenvalue weighted by atomic mass is 16.6. The molecule has 96 valence electrons. The van der Waals surface area contributed by atoms with Crippen LogP contribution in [-0.4, -0.2) is 65.1 Å². The highest BCUT2D eigenvalue weighted by Crippen LogP contribution is 2.32. The number of nitrogens with one attached hydrogen (secondary N) is 1. The summed E-state index contributed by atoms with van der Waals surface area (Å²) in [5.74, 6) is -0.371. The lowest BCUT2D eigenvalue weighted by atomic mass is 9.99. The zero-order valence-electron chi connectivity index (χ0n) is 9.24. The fraction of sp³-hybridized carbons (Fsp3) is 0.700. The third kappa shape index (κ3) is 1.85. The average Bonchev–Trinajstić information content (AvgIpc) is 2.84. The third-order valence-electron chi connectivity index (χ3n) is 3.10. The maximum absolute atomic E-state index is 11.2. The number of methoxy groups -OCH3 is 1. The fourth-order valence-corrected chi connectivity index (χ4v) is 2.13. The van der Waals surface area contributed by atoms with Gasteiger partial charge in [-0.3, -0.25) is 4.79 Å². The summed E-state index contributed by atoms with van der Waals surface area (Å²) >= 11 is 0. The number of aliphatic hydroxyl groups excluding tert-OH is 3. The van der Waals surface area contributed by atoms with Crippen LogP contribution in [0.2, 0.25) is 0 Å². The lowest BCUT2D eigenvalue weighted by molar-refractivity contribution is -0.147. The summed E-state index contributed by atoms with van der Waals surface area (Å²) in [6.07, 6.45) is -1.65. The number of rotatable bonds is 3. The molecular weight excluding hydrogens is 230 g/mol. The molecule has 0 aromatic rings. The topological polar surface area (TPSA) is 108 Å². The number of aliphatic hydroxyl groups is 3. The Morgan fingerprint density at radius 1 is 1.53 bits per heavy atom. The maximum Gasteiger partial charge on any atom is 0.246 e. The van der Waals surface area contributed by atoms with Crippen molar-refractivity contribution in [1.29, 1.82) is 0 Å². The van der Waals surface area contributed by atoms with Crippen molar-refractivity contribution in [2.75, 3.05) is 13.7 Å². The van der Waals surface area contributed by atoms with E-state index in [1.807, 2.05) is 0 Å². The van der Waals surface area contributed by atoms with Crippen LogP contribution in [0.25, 0.3) is 0 Å². The second-order valence-electron chi connectivity index (χ2n) is 4.08. The van der Waals surface area contributed by atoms with Gasteiger partial charge in [-0.05, 0) is 6.08 Å². The first kappa shape index (κ1) is 12.5. The van der Waals surface area contributed by atoms with E-state index in [1.165, 1.54) is 19.3 Å². The van der Waals surface area contributed by atoms with Crippen LogP contribution in [0.4, 0.5) is 0 Å². The molecule has 1 saturated heterocycles. The minimum Gasteiger partial charge on any atom is -0.394 e. The molecule has 2 aliphatic heterocycles. The molecule has 7 nitrogen and oxygen atoms in total. The first-order valence-electron chi connectivity index (χ1n) is 5.23. The number of hydrogen-bond donors (Lipinski definition) is 4. The maximum atomic E-state index is 11.2. The SMILES string of the molecule is COC1([C@@H]2O[C@H](CO)[C@@H](O)[C@H]2O)C=CC(=O)N1. The Hall–Kier alpha value is -0.990. The van der Waals surface area contributed by atoms with Crippen molar-refractivity contribution in [1.82, 2.24) is 5.32 Å². The van der Waals surface area contributed by atoms with E-state index in [9.17, 15) is 15.0 Å². The molecule has 17 heavy (non-hydrogen) atoms. The Bertz CT molecular complexity index is 346. The molecule has 2 rings (SSSR count). The first-order valence-corrected chi connectivity index (χ1v) is 5.23. The van der Waals surface area contributed by atoms with Crippen LogP contribution in [0.1, 0.15) is 0 Å². The summed E-state index contributed by atoms with van der Waals surface area (Å²) in [4.78, 5) is 11.2. The van der Waals surface area contributed by atoms with Gasteiger partial charge in [0.05, 0.1) is 6.61 Å². The Balaban J connectivity index is 2.22. The second kappa shape index (κ2) is 4.35. The molecule has 7 heteroatoms. The normalized spacial score (nSPS) is 45.3. The van der Waals surface area contributed by atoms with E-state index in [0.29, 0.717) is 0 Å². The van der Waals surface area contributed by atoms with Crippen LogP contribution in [0.5, 0.6) is 0 Å². The van der Waals surface area contributed by atoms with Gasteiger partial charge in [0, 0.05) is 13.2 Å². The molecule has 0 saturated carbocycles. The van der Waals surface area contributed by atoms with E-state index < -0.39 is 36.7 Å². The Kier molecular flexibility index (Phi) is 3.19. The van der Waals surface area contributed by atoms with Crippen LogP contribution in [-0.2, 0) is 14.3 Å². The van der Waals surface area contributed by atoms with Gasteiger partial charge in [0.2, 0.25) is 5.91 Å². The summed E-state index contributed by atoms with van der Waals surface area (Å²) in [6, 6.07) is 0. The van der Waals surface area contributed by atoms with Crippen LogP contribution >= 0.6 is 0 Å². The molecule has 0 aliphatic carbocycles. The predicted molar refractivity (Wildman–Crippen MR) is 54.8 cm³/mol. The predicted octanol–water partition coefficient (Wildman–Crippen LogP) is -2.50. The molecule has 1 fully saturated rings. The molecule has 2 heterocycles. The standard InChI is InChI=1S/C10H15NO6/c1-16-10(3-2-6(13)11-10)9-8(15)7(14)5(4-12)17-9/h2-3,5,7-9,12,14-15H,4H2,1H3,(H,11,13)/t5-,7-,8-,9-,10?/m1/s1. The molecule has 1 unspecified atom stereocenters. The van der Waals surface area contributed by atoms with Gasteiger partial charge in [0.25, 0.3) is 0 Å². The molecule has 0 spiro atoms. The summed E-state index contributed by atoms with van der Waals surface area (Å²) in [5, 5.41) is 31.0. The van der Waals surface area contributed by atoms with E-state index in [2.05, 4.69) is 5.32 Å². The number of carbonyl (C=O) groups is 1. The van der Waals surface area contributed by atoms with Gasteiger partial charge in [0.15, 0.2) is 5.72 Å². The van der Waals surface area contributed by atoms with Gasteiger partial charge >= 0.3 is 0 Å². The van der Waals surface area contributed by atoms with E-state index in [1.54, 1.807) is 0 Å². The van der Waals surface area contributed by atoms with Crippen molar-refractivity contribution in [2.24, 2.45) is 0 Å². The lowest BCUT2D eigenvalue weighted by Gasteiger charge is -2.33. The Morgan fingerprint density at radius 3 is 2.65 bits per heavy atom. The van der Waals surface area contributed by atoms with E-state index in [0.717, 1.165) is 0 Å². The summed E-state index contributed by atoms with van der Waals surface area (Å²) < 4.78 is 10.5. The van der Waals surface area contributed by atoms with Crippen LogP contribution in [0.15, 0.2) is 12.2 Å². The lowest BCUT2D eigenvalue weighted by Crippen LogP contribution is -2.57. The molecule has 0 radical (unpaired) electrons. The van der Waals surface area contributed by atoms with Gasteiger partial charge < -0.3 is 30.1 Å². The van der Waals surface area contributed by atoms with Gasteiger partial charge in [0.1, 0.15) is 24.4 Å². The summed E-state index contributed by atoms with van der Waals surface area (Å²) in [7, 11) is 1.35. The van der Waals surface area contributed by atoms with E-state index >= 15 is 0 Å². The second-order valence-corrected chi connectivity index (χ2v) is 4.08. The van der Waals surface area contributed by atoms with Gasteiger partial charge in [-0.2, -0.15) is 0 Å². The van der Waals surface area contributed by atoms with Gasteiger partial charge in [-0.25, -0.2) is 0 Å². The fourth-order valence-electron chi connectivity index (χ4n) is 2.13. The van der Waals surface area contributed by atoms with Crippen molar-refractivity contribution < 1.29 is 29.6 Å². The Labute approximate surface area is 97.6 Å². The number of amides is 1. The van der Waals surface area contributed by atoms with Crippen molar-refractivity contribution in [2.45, 2.75) is 30.1 Å². The van der Waals surface area contributed by atoms with E-state index in [4.69, 9.17) is 14.6 Å². The largest absolute Gasteiger partial charge is 0.394 e. The molecule has 4 N–H and O–H groups in total. The zero-order valence-corrected chi connectivity index (χ0v) is 9.24. The van der Waals surface area contributed by atoms with Crippen molar-refractivity contribution in [3.8, 4) is 0 Å². The smallest absolute Gasteiger partial charge is 0.246 e. The molecule has 0 aromatic heterocycles. The highest BCUT2D eigenvalue weighted by molar-refractivity contribution is 5.91. The summed E-state index contributed by atoms with van der Waals surface area (Å²) in [5.41, 5.74) is -1.30. The van der Waals surface area contributed by atoms with Crippen molar-refractivity contribution in [3.05, 3.63) is 12.2 Å². The summed E-state index contributed by atoms with van der Waals surface area (Å²) in [6.45, 7) is -0.424. The molecule has 1 amide bonds. The van der Waals surface area contributed by atoms with Crippen molar-refractivity contribution in [3.63, 3.8) is 0 Å². The molecule has 2 aliphatic rings. The number of carbonyl (C=O) groups excluding carboxylic acids is 1. The monoisotopic (exact) mass is 245 g/mol. The molecule has 5 atom stereocenters. The average molecular weight is 245 g/mol. The van der Waals surface area contributed by atoms with Crippen LogP contribution in [0.3, 0.4) is 0 Å². The van der Waals surface area contributed by atoms with Crippen LogP contribution in [0, 0.1) is 0 Å². The molecule has 0 aromatic carbocycles.